The minimum Gasteiger partial charge on any atom is -0.370 e. The van der Waals surface area contributed by atoms with E-state index in [1.807, 2.05) is 38.1 Å². The summed E-state index contributed by atoms with van der Waals surface area (Å²) < 4.78 is 13.0. The summed E-state index contributed by atoms with van der Waals surface area (Å²) in [5.41, 5.74) is 3.62. The Morgan fingerprint density at radius 2 is 1.89 bits per heavy atom. The lowest BCUT2D eigenvalue weighted by Crippen LogP contribution is -2.30. The lowest BCUT2D eigenvalue weighted by atomic mass is 10.1. The highest BCUT2D eigenvalue weighted by molar-refractivity contribution is 6.06. The molecule has 2 aromatic carbocycles. The average Bonchev–Trinajstić information content (AvgIpc) is 2.70. The number of rotatable bonds is 7. The van der Waals surface area contributed by atoms with Crippen LogP contribution in [-0.4, -0.2) is 24.0 Å². The van der Waals surface area contributed by atoms with Crippen LogP contribution in [0.25, 0.3) is 0 Å². The predicted octanol–water partition coefficient (Wildman–Crippen LogP) is 4.85. The fraction of sp³-hybridized carbons (Fsp3) is 0.217. The summed E-state index contributed by atoms with van der Waals surface area (Å²) in [6.45, 7) is 5.20. The second kappa shape index (κ2) is 9.13. The number of amides is 1. The van der Waals surface area contributed by atoms with Crippen molar-refractivity contribution in [2.45, 2.75) is 20.3 Å². The summed E-state index contributed by atoms with van der Waals surface area (Å²) in [7, 11) is 0. The Balaban J connectivity index is 1.67. The van der Waals surface area contributed by atoms with Gasteiger partial charge in [0.1, 0.15) is 11.6 Å². The molecule has 0 aliphatic heterocycles. The molecular weight excluding hydrogens is 353 g/mol. The number of aromatic nitrogens is 1. The molecule has 0 radical (unpaired) electrons. The van der Waals surface area contributed by atoms with Crippen molar-refractivity contribution >= 4 is 17.4 Å². The fourth-order valence-electron chi connectivity index (χ4n) is 3.04. The lowest BCUT2D eigenvalue weighted by Gasteiger charge is -2.21. The number of anilines is 2. The quantitative estimate of drug-likeness (QED) is 0.640. The molecule has 1 aromatic heterocycles. The average molecular weight is 377 g/mol. The van der Waals surface area contributed by atoms with Crippen LogP contribution in [0.5, 0.6) is 0 Å². The Labute approximate surface area is 165 Å². The molecule has 1 amide bonds. The van der Waals surface area contributed by atoms with Gasteiger partial charge in [-0.2, -0.15) is 0 Å². The Morgan fingerprint density at radius 3 is 2.61 bits per heavy atom. The number of pyridine rings is 1. The largest absolute Gasteiger partial charge is 0.370 e. The van der Waals surface area contributed by atoms with Crippen LogP contribution in [0.1, 0.15) is 28.4 Å². The number of aryl methyl sites for hydroxylation is 1. The molecule has 0 fully saturated rings. The van der Waals surface area contributed by atoms with Crippen LogP contribution in [0.3, 0.4) is 0 Å². The second-order valence-corrected chi connectivity index (χ2v) is 6.62. The van der Waals surface area contributed by atoms with Crippen molar-refractivity contribution in [2.75, 3.05) is 23.3 Å². The molecule has 4 nitrogen and oxygen atoms in total. The van der Waals surface area contributed by atoms with Crippen LogP contribution in [-0.2, 0) is 6.42 Å². The van der Waals surface area contributed by atoms with Crippen molar-refractivity contribution in [1.82, 2.24) is 4.98 Å². The van der Waals surface area contributed by atoms with Crippen LogP contribution in [0.4, 0.5) is 15.9 Å². The standard InChI is InChI=1S/C23H24FN3O/c1-3-27(21-6-4-5-17(2)15-21)23(28)19-12-14-26-22(16-19)25-13-11-18-7-9-20(24)10-8-18/h4-10,12,14-16H,3,11,13H2,1-2H3,(H,25,26). The first-order valence-electron chi connectivity index (χ1n) is 9.39. The Morgan fingerprint density at radius 1 is 1.11 bits per heavy atom. The summed E-state index contributed by atoms with van der Waals surface area (Å²) in [6.07, 6.45) is 2.38. The van der Waals surface area contributed by atoms with Crippen molar-refractivity contribution < 1.29 is 9.18 Å². The normalized spacial score (nSPS) is 10.5. The van der Waals surface area contributed by atoms with Crippen molar-refractivity contribution in [2.24, 2.45) is 0 Å². The SMILES string of the molecule is CCN(C(=O)c1ccnc(NCCc2ccc(F)cc2)c1)c1cccc(C)c1. The minimum atomic E-state index is -0.237. The van der Waals surface area contributed by atoms with Gasteiger partial charge >= 0.3 is 0 Å². The summed E-state index contributed by atoms with van der Waals surface area (Å²) in [5.74, 6) is 0.351. The van der Waals surface area contributed by atoms with E-state index in [1.54, 1.807) is 35.4 Å². The zero-order chi connectivity index (χ0) is 19.9. The van der Waals surface area contributed by atoms with Gasteiger partial charge in [-0.15, -0.1) is 0 Å². The number of nitrogens with one attached hydrogen (secondary N) is 1. The molecule has 0 saturated carbocycles. The maximum absolute atomic E-state index is 13.0. The van der Waals surface area contributed by atoms with Gasteiger partial charge in [0, 0.05) is 30.5 Å². The van der Waals surface area contributed by atoms with Gasteiger partial charge in [-0.1, -0.05) is 24.3 Å². The number of hydrogen-bond acceptors (Lipinski definition) is 3. The molecule has 3 aromatic rings. The van der Waals surface area contributed by atoms with E-state index in [2.05, 4.69) is 10.3 Å². The number of halogens is 1. The van der Waals surface area contributed by atoms with Gasteiger partial charge in [0.2, 0.25) is 0 Å². The molecule has 0 saturated heterocycles. The highest BCUT2D eigenvalue weighted by atomic mass is 19.1. The van der Waals surface area contributed by atoms with Gasteiger partial charge in [0.15, 0.2) is 0 Å². The molecule has 0 bridgehead atoms. The van der Waals surface area contributed by atoms with Gasteiger partial charge < -0.3 is 10.2 Å². The third kappa shape index (κ3) is 4.94. The molecule has 3 rings (SSSR count). The summed E-state index contributed by atoms with van der Waals surface area (Å²) in [4.78, 5) is 19.1. The summed E-state index contributed by atoms with van der Waals surface area (Å²) in [5, 5.41) is 3.23. The van der Waals surface area contributed by atoms with Crippen molar-refractivity contribution in [3.63, 3.8) is 0 Å². The Kier molecular flexibility index (Phi) is 6.37. The fourth-order valence-corrected chi connectivity index (χ4v) is 3.04. The number of benzene rings is 2. The predicted molar refractivity (Wildman–Crippen MR) is 111 cm³/mol. The molecule has 5 heteroatoms. The van der Waals surface area contributed by atoms with E-state index >= 15 is 0 Å². The number of nitrogens with zero attached hydrogens (tertiary/aromatic N) is 2. The topological polar surface area (TPSA) is 45.2 Å². The van der Waals surface area contributed by atoms with Crippen molar-refractivity contribution in [1.29, 1.82) is 0 Å². The molecule has 28 heavy (non-hydrogen) atoms. The van der Waals surface area contributed by atoms with E-state index in [0.717, 1.165) is 23.2 Å². The molecular formula is C23H24FN3O. The van der Waals surface area contributed by atoms with E-state index in [9.17, 15) is 9.18 Å². The smallest absolute Gasteiger partial charge is 0.258 e. The van der Waals surface area contributed by atoms with E-state index in [0.29, 0.717) is 24.5 Å². The maximum Gasteiger partial charge on any atom is 0.258 e. The molecule has 0 aliphatic rings. The van der Waals surface area contributed by atoms with Crippen LogP contribution in [0.15, 0.2) is 66.9 Å². The Bertz CT molecular complexity index is 941. The maximum atomic E-state index is 13.0. The molecule has 0 atom stereocenters. The Hall–Kier alpha value is -3.21. The zero-order valence-electron chi connectivity index (χ0n) is 16.2. The van der Waals surface area contributed by atoms with E-state index in [1.165, 1.54) is 12.1 Å². The summed E-state index contributed by atoms with van der Waals surface area (Å²) >= 11 is 0. The van der Waals surface area contributed by atoms with Crippen LogP contribution in [0.2, 0.25) is 0 Å². The molecule has 0 unspecified atom stereocenters. The summed E-state index contributed by atoms with van der Waals surface area (Å²) in [6, 6.07) is 17.9. The second-order valence-electron chi connectivity index (χ2n) is 6.62. The minimum absolute atomic E-state index is 0.0583. The van der Waals surface area contributed by atoms with Crippen LogP contribution in [0, 0.1) is 12.7 Å². The first-order chi connectivity index (χ1) is 13.6. The number of hydrogen-bond donors (Lipinski definition) is 1. The first kappa shape index (κ1) is 19.5. The van der Waals surface area contributed by atoms with Gasteiger partial charge in [-0.3, -0.25) is 4.79 Å². The first-order valence-corrected chi connectivity index (χ1v) is 9.39. The lowest BCUT2D eigenvalue weighted by molar-refractivity contribution is 0.0988. The monoisotopic (exact) mass is 377 g/mol. The van der Waals surface area contributed by atoms with Crippen molar-refractivity contribution in [3.8, 4) is 0 Å². The number of carbonyl (C=O) groups is 1. The van der Waals surface area contributed by atoms with E-state index in [-0.39, 0.29) is 11.7 Å². The van der Waals surface area contributed by atoms with Gasteiger partial charge in [-0.25, -0.2) is 9.37 Å². The van der Waals surface area contributed by atoms with Gasteiger partial charge in [0.25, 0.3) is 5.91 Å². The van der Waals surface area contributed by atoms with E-state index in [4.69, 9.17) is 0 Å². The third-order valence-corrected chi connectivity index (χ3v) is 4.51. The molecule has 0 spiro atoms. The van der Waals surface area contributed by atoms with Gasteiger partial charge in [0.05, 0.1) is 0 Å². The van der Waals surface area contributed by atoms with Crippen LogP contribution < -0.4 is 10.2 Å². The van der Waals surface area contributed by atoms with Crippen LogP contribution >= 0.6 is 0 Å². The molecule has 144 valence electrons. The van der Waals surface area contributed by atoms with Gasteiger partial charge in [-0.05, 0) is 67.8 Å². The van der Waals surface area contributed by atoms with E-state index < -0.39 is 0 Å². The molecule has 1 N–H and O–H groups in total. The zero-order valence-corrected chi connectivity index (χ0v) is 16.2. The highest BCUT2D eigenvalue weighted by Crippen LogP contribution is 2.19. The molecule has 1 heterocycles. The third-order valence-electron chi connectivity index (χ3n) is 4.51. The molecule has 0 aliphatic carbocycles. The van der Waals surface area contributed by atoms with Crippen molar-refractivity contribution in [3.05, 3.63) is 89.4 Å². The highest BCUT2D eigenvalue weighted by Gasteiger charge is 2.16. The number of carbonyl (C=O) groups excluding carboxylic acids is 1.